The van der Waals surface area contributed by atoms with Gasteiger partial charge in [-0.25, -0.2) is 0 Å². The summed E-state index contributed by atoms with van der Waals surface area (Å²) in [4.78, 5) is 0. The molecule has 0 radical (unpaired) electrons. The Bertz CT molecular complexity index is 654. The molecule has 2 aromatic rings. The van der Waals surface area contributed by atoms with Crippen LogP contribution in [0, 0.1) is 5.92 Å². The minimum absolute atomic E-state index is 0.251. The van der Waals surface area contributed by atoms with Crippen molar-refractivity contribution in [3.05, 3.63) is 65.7 Å². The maximum absolute atomic E-state index is 10.3. The SMILES string of the molecule is Oc1ccccc1[C@@H]1C[C@H](c2ccccc2)[C@H]2CCCC[C@@H]2N1. The van der Waals surface area contributed by atoms with Crippen molar-refractivity contribution in [2.45, 2.75) is 50.1 Å². The van der Waals surface area contributed by atoms with Gasteiger partial charge in [0.25, 0.3) is 0 Å². The molecule has 2 aromatic carbocycles. The van der Waals surface area contributed by atoms with Crippen LogP contribution >= 0.6 is 0 Å². The molecule has 2 aliphatic rings. The molecule has 2 fully saturated rings. The summed E-state index contributed by atoms with van der Waals surface area (Å²) in [5.41, 5.74) is 2.52. The van der Waals surface area contributed by atoms with Gasteiger partial charge in [-0.1, -0.05) is 61.4 Å². The highest BCUT2D eigenvalue weighted by Crippen LogP contribution is 2.46. The van der Waals surface area contributed by atoms with Crippen LogP contribution in [0.1, 0.15) is 55.2 Å². The van der Waals surface area contributed by atoms with E-state index in [0.717, 1.165) is 17.9 Å². The normalized spacial score (nSPS) is 30.6. The number of fused-ring (bicyclic) bond motifs is 1. The lowest BCUT2D eigenvalue weighted by atomic mass is 9.68. The van der Waals surface area contributed by atoms with Gasteiger partial charge in [-0.3, -0.25) is 0 Å². The number of hydrogen-bond acceptors (Lipinski definition) is 2. The number of phenolic OH excluding ortho intramolecular Hbond substituents is 1. The van der Waals surface area contributed by atoms with Gasteiger partial charge in [-0.2, -0.15) is 0 Å². The molecule has 0 spiro atoms. The summed E-state index contributed by atoms with van der Waals surface area (Å²) in [6, 6.07) is 19.6. The number of benzene rings is 2. The molecule has 0 bridgehead atoms. The molecule has 0 amide bonds. The Balaban J connectivity index is 1.68. The minimum Gasteiger partial charge on any atom is -0.508 e. The predicted molar refractivity (Wildman–Crippen MR) is 93.5 cm³/mol. The number of hydrogen-bond donors (Lipinski definition) is 2. The number of para-hydroxylation sites is 1. The molecule has 23 heavy (non-hydrogen) atoms. The summed E-state index contributed by atoms with van der Waals surface area (Å²) >= 11 is 0. The van der Waals surface area contributed by atoms with E-state index in [1.54, 1.807) is 0 Å². The van der Waals surface area contributed by atoms with Crippen LogP contribution in [0.25, 0.3) is 0 Å². The lowest BCUT2D eigenvalue weighted by Crippen LogP contribution is -2.48. The Morgan fingerprint density at radius 2 is 1.61 bits per heavy atom. The van der Waals surface area contributed by atoms with E-state index in [-0.39, 0.29) is 6.04 Å². The van der Waals surface area contributed by atoms with Crippen LogP contribution < -0.4 is 5.32 Å². The zero-order valence-electron chi connectivity index (χ0n) is 13.5. The van der Waals surface area contributed by atoms with Gasteiger partial charge in [0.15, 0.2) is 0 Å². The fourth-order valence-corrected chi connectivity index (χ4v) is 4.69. The van der Waals surface area contributed by atoms with E-state index >= 15 is 0 Å². The second-order valence-corrected chi connectivity index (χ2v) is 7.09. The van der Waals surface area contributed by atoms with E-state index < -0.39 is 0 Å². The predicted octanol–water partition coefficient (Wildman–Crippen LogP) is 4.77. The second-order valence-electron chi connectivity index (χ2n) is 7.09. The third-order valence-electron chi connectivity index (χ3n) is 5.78. The molecule has 2 nitrogen and oxygen atoms in total. The van der Waals surface area contributed by atoms with Gasteiger partial charge in [0.05, 0.1) is 0 Å². The summed E-state index contributed by atoms with van der Waals surface area (Å²) in [7, 11) is 0. The molecule has 2 heteroatoms. The molecule has 4 rings (SSSR count). The number of piperidine rings is 1. The molecule has 1 saturated carbocycles. The first kappa shape index (κ1) is 14.8. The molecule has 0 aromatic heterocycles. The minimum atomic E-state index is 0.251. The lowest BCUT2D eigenvalue weighted by Gasteiger charge is -2.46. The highest BCUT2D eigenvalue weighted by molar-refractivity contribution is 5.36. The van der Waals surface area contributed by atoms with Crippen LogP contribution in [-0.2, 0) is 0 Å². The molecule has 1 aliphatic heterocycles. The Hall–Kier alpha value is -1.80. The lowest BCUT2D eigenvalue weighted by molar-refractivity contribution is 0.148. The molecule has 0 unspecified atom stereocenters. The monoisotopic (exact) mass is 307 g/mol. The first-order chi connectivity index (χ1) is 11.3. The van der Waals surface area contributed by atoms with E-state index in [9.17, 15) is 5.11 Å². The van der Waals surface area contributed by atoms with Crippen molar-refractivity contribution in [3.8, 4) is 5.75 Å². The molecule has 2 N–H and O–H groups in total. The molecule has 120 valence electrons. The van der Waals surface area contributed by atoms with Gasteiger partial charge < -0.3 is 10.4 Å². The third-order valence-corrected chi connectivity index (χ3v) is 5.78. The van der Waals surface area contributed by atoms with E-state index in [4.69, 9.17) is 0 Å². The van der Waals surface area contributed by atoms with E-state index in [0.29, 0.717) is 17.7 Å². The van der Waals surface area contributed by atoms with Crippen molar-refractivity contribution in [1.82, 2.24) is 5.32 Å². The van der Waals surface area contributed by atoms with Gasteiger partial charge in [0, 0.05) is 17.6 Å². The summed E-state index contributed by atoms with van der Waals surface area (Å²) < 4.78 is 0. The van der Waals surface area contributed by atoms with E-state index in [2.05, 4.69) is 41.7 Å². The highest BCUT2D eigenvalue weighted by atomic mass is 16.3. The Morgan fingerprint density at radius 1 is 0.870 bits per heavy atom. The van der Waals surface area contributed by atoms with E-state index in [1.165, 1.54) is 31.2 Å². The Labute approximate surface area is 138 Å². The molecule has 4 atom stereocenters. The van der Waals surface area contributed by atoms with Crippen molar-refractivity contribution in [3.63, 3.8) is 0 Å². The standard InChI is InChI=1S/C21H25NO/c23-21-13-7-5-11-17(21)20-14-18(15-8-2-1-3-9-15)16-10-4-6-12-19(16)22-20/h1-3,5,7-9,11,13,16,18-20,22-23H,4,6,10,12,14H2/t16-,18-,19+,20+/m1/s1. The largest absolute Gasteiger partial charge is 0.508 e. The van der Waals surface area contributed by atoms with Gasteiger partial charge in [0.1, 0.15) is 5.75 Å². The van der Waals surface area contributed by atoms with Crippen LogP contribution in [0.3, 0.4) is 0 Å². The number of nitrogens with one attached hydrogen (secondary N) is 1. The smallest absolute Gasteiger partial charge is 0.120 e. The van der Waals surface area contributed by atoms with E-state index in [1.807, 2.05) is 18.2 Å². The van der Waals surface area contributed by atoms with Gasteiger partial charge in [-0.15, -0.1) is 0 Å². The molecular weight excluding hydrogens is 282 g/mol. The van der Waals surface area contributed by atoms with Crippen LogP contribution in [0.5, 0.6) is 5.75 Å². The third kappa shape index (κ3) is 2.88. The summed E-state index contributed by atoms with van der Waals surface area (Å²) in [5, 5.41) is 14.1. The van der Waals surface area contributed by atoms with Crippen molar-refractivity contribution >= 4 is 0 Å². The Morgan fingerprint density at radius 3 is 2.43 bits per heavy atom. The maximum atomic E-state index is 10.3. The van der Waals surface area contributed by atoms with Crippen molar-refractivity contribution in [1.29, 1.82) is 0 Å². The average molecular weight is 307 g/mol. The topological polar surface area (TPSA) is 32.3 Å². The Kier molecular flexibility index (Phi) is 4.09. The first-order valence-electron chi connectivity index (χ1n) is 8.92. The van der Waals surface area contributed by atoms with Gasteiger partial charge >= 0.3 is 0 Å². The van der Waals surface area contributed by atoms with Crippen LogP contribution in [0.15, 0.2) is 54.6 Å². The molecule has 1 aliphatic carbocycles. The van der Waals surface area contributed by atoms with Crippen molar-refractivity contribution in [2.75, 3.05) is 0 Å². The zero-order valence-corrected chi connectivity index (χ0v) is 13.5. The quantitative estimate of drug-likeness (QED) is 0.837. The summed E-state index contributed by atoms with van der Waals surface area (Å²) in [6.07, 6.45) is 6.34. The zero-order chi connectivity index (χ0) is 15.6. The summed E-state index contributed by atoms with van der Waals surface area (Å²) in [6.45, 7) is 0. The molecular formula is C21H25NO. The number of aromatic hydroxyl groups is 1. The summed E-state index contributed by atoms with van der Waals surface area (Å²) in [5.74, 6) is 1.74. The fraction of sp³-hybridized carbons (Fsp3) is 0.429. The number of rotatable bonds is 2. The fourth-order valence-electron chi connectivity index (χ4n) is 4.69. The van der Waals surface area contributed by atoms with Crippen LogP contribution in [0.2, 0.25) is 0 Å². The maximum Gasteiger partial charge on any atom is 0.120 e. The van der Waals surface area contributed by atoms with Gasteiger partial charge in [-0.05, 0) is 42.7 Å². The van der Waals surface area contributed by atoms with Gasteiger partial charge in [0.2, 0.25) is 0 Å². The van der Waals surface area contributed by atoms with Crippen LogP contribution in [0.4, 0.5) is 0 Å². The average Bonchev–Trinajstić information content (AvgIpc) is 2.62. The van der Waals surface area contributed by atoms with Crippen molar-refractivity contribution in [2.24, 2.45) is 5.92 Å². The van der Waals surface area contributed by atoms with Crippen molar-refractivity contribution < 1.29 is 5.11 Å². The first-order valence-corrected chi connectivity index (χ1v) is 8.92. The number of phenols is 1. The highest BCUT2D eigenvalue weighted by Gasteiger charge is 2.40. The molecule has 1 heterocycles. The molecule has 1 saturated heterocycles. The second kappa shape index (κ2) is 6.37. The van der Waals surface area contributed by atoms with Crippen LogP contribution in [-0.4, -0.2) is 11.1 Å².